The number of carbonyl (C=O) groups excluding carboxylic acids is 2. The van der Waals surface area contributed by atoms with Crippen LogP contribution in [0.15, 0.2) is 0 Å². The van der Waals surface area contributed by atoms with Crippen molar-refractivity contribution in [3.8, 4) is 0 Å². The number of piperidine rings is 1. The van der Waals surface area contributed by atoms with E-state index in [4.69, 9.17) is 4.84 Å². The zero-order chi connectivity index (χ0) is 17.8. The molecule has 3 amide bonds. The zero-order valence-electron chi connectivity index (χ0n) is 13.9. The Bertz CT molecular complexity index is 427. The average Bonchev–Trinajstić information content (AvgIpc) is 2.43. The van der Waals surface area contributed by atoms with Gasteiger partial charge in [-0.15, -0.1) is 0 Å². The fourth-order valence-corrected chi connectivity index (χ4v) is 2.47. The standard InChI is InChI=1S/C14H24F3N3O3/c1-5-20(13(2,3)4)12(22)18-23-10-6-8-19(9-7-10)11(21)14(15,16)17/h10H,5-9H2,1-4H3,(H,18,22). The second-order valence-electron chi connectivity index (χ2n) is 6.43. The first kappa shape index (κ1) is 19.5. The van der Waals surface area contributed by atoms with E-state index in [2.05, 4.69) is 5.48 Å². The van der Waals surface area contributed by atoms with E-state index in [0.29, 0.717) is 6.54 Å². The van der Waals surface area contributed by atoms with Gasteiger partial charge in [-0.05, 0) is 40.5 Å². The van der Waals surface area contributed by atoms with Gasteiger partial charge >= 0.3 is 18.1 Å². The third-order valence-electron chi connectivity index (χ3n) is 3.66. The van der Waals surface area contributed by atoms with E-state index in [1.54, 1.807) is 4.90 Å². The lowest BCUT2D eigenvalue weighted by Crippen LogP contribution is -2.52. The van der Waals surface area contributed by atoms with Gasteiger partial charge in [0.05, 0.1) is 6.10 Å². The number of urea groups is 1. The van der Waals surface area contributed by atoms with Gasteiger partial charge in [0.25, 0.3) is 0 Å². The quantitative estimate of drug-likeness (QED) is 0.803. The normalized spacial score (nSPS) is 17.1. The Labute approximate surface area is 133 Å². The molecule has 1 aliphatic heterocycles. The van der Waals surface area contributed by atoms with Crippen molar-refractivity contribution in [1.82, 2.24) is 15.3 Å². The highest BCUT2D eigenvalue weighted by Crippen LogP contribution is 2.22. The summed E-state index contributed by atoms with van der Waals surface area (Å²) in [7, 11) is 0. The van der Waals surface area contributed by atoms with Crippen LogP contribution in [0.2, 0.25) is 0 Å². The van der Waals surface area contributed by atoms with Crippen LogP contribution in [-0.4, -0.2) is 59.2 Å². The fourth-order valence-electron chi connectivity index (χ4n) is 2.47. The molecule has 0 unspecified atom stereocenters. The molecule has 9 heteroatoms. The molecule has 0 spiro atoms. The highest BCUT2D eigenvalue weighted by atomic mass is 19.4. The number of nitrogens with zero attached hydrogens (tertiary/aromatic N) is 2. The molecule has 1 aliphatic rings. The van der Waals surface area contributed by atoms with Crippen LogP contribution in [0, 0.1) is 0 Å². The van der Waals surface area contributed by atoms with Crippen molar-refractivity contribution in [3.05, 3.63) is 0 Å². The monoisotopic (exact) mass is 339 g/mol. The van der Waals surface area contributed by atoms with Gasteiger partial charge in [0.1, 0.15) is 0 Å². The lowest BCUT2D eigenvalue weighted by atomic mass is 10.1. The molecule has 23 heavy (non-hydrogen) atoms. The van der Waals surface area contributed by atoms with Crippen LogP contribution >= 0.6 is 0 Å². The maximum absolute atomic E-state index is 12.3. The summed E-state index contributed by atoms with van der Waals surface area (Å²) in [6.07, 6.45) is -4.78. The molecule has 0 atom stereocenters. The Kier molecular flexibility index (Phi) is 6.26. The summed E-state index contributed by atoms with van der Waals surface area (Å²) in [5.74, 6) is -1.83. The van der Waals surface area contributed by atoms with Crippen LogP contribution in [0.1, 0.15) is 40.5 Å². The molecule has 0 aromatic heterocycles. The van der Waals surface area contributed by atoms with Gasteiger partial charge in [0, 0.05) is 25.2 Å². The lowest BCUT2D eigenvalue weighted by molar-refractivity contribution is -0.188. The predicted molar refractivity (Wildman–Crippen MR) is 77.4 cm³/mol. The molecule has 0 aromatic rings. The Balaban J connectivity index is 2.42. The van der Waals surface area contributed by atoms with Crippen molar-refractivity contribution in [2.24, 2.45) is 0 Å². The molecule has 1 saturated heterocycles. The number of likely N-dealkylation sites (tertiary alicyclic amines) is 1. The zero-order valence-corrected chi connectivity index (χ0v) is 13.9. The van der Waals surface area contributed by atoms with E-state index in [1.807, 2.05) is 27.7 Å². The number of hydrogen-bond donors (Lipinski definition) is 1. The molecule has 1 fully saturated rings. The van der Waals surface area contributed by atoms with E-state index in [9.17, 15) is 22.8 Å². The summed E-state index contributed by atoms with van der Waals surface area (Å²) in [6.45, 7) is 7.90. The Morgan fingerprint density at radius 2 is 1.74 bits per heavy atom. The maximum Gasteiger partial charge on any atom is 0.471 e. The number of halogens is 3. The minimum absolute atomic E-state index is 0.0460. The highest BCUT2D eigenvalue weighted by molar-refractivity contribution is 5.81. The van der Waals surface area contributed by atoms with Crippen molar-refractivity contribution in [2.45, 2.75) is 58.4 Å². The van der Waals surface area contributed by atoms with Crippen LogP contribution in [0.5, 0.6) is 0 Å². The fraction of sp³-hybridized carbons (Fsp3) is 0.857. The van der Waals surface area contributed by atoms with Gasteiger partial charge < -0.3 is 9.80 Å². The number of rotatable bonds is 3. The molecular weight excluding hydrogens is 315 g/mol. The molecule has 0 aliphatic carbocycles. The molecule has 0 aromatic carbocycles. The highest BCUT2D eigenvalue weighted by Gasteiger charge is 2.43. The van der Waals surface area contributed by atoms with Gasteiger partial charge in [-0.25, -0.2) is 10.3 Å². The van der Waals surface area contributed by atoms with Crippen LogP contribution in [0.4, 0.5) is 18.0 Å². The third kappa shape index (κ3) is 5.56. The topological polar surface area (TPSA) is 61.9 Å². The second kappa shape index (κ2) is 7.37. The van der Waals surface area contributed by atoms with Crippen LogP contribution in [0.25, 0.3) is 0 Å². The molecule has 0 bridgehead atoms. The number of hydroxylamine groups is 1. The van der Waals surface area contributed by atoms with E-state index < -0.39 is 24.2 Å². The van der Waals surface area contributed by atoms with Gasteiger partial charge in [-0.2, -0.15) is 13.2 Å². The van der Waals surface area contributed by atoms with E-state index in [1.165, 1.54) is 0 Å². The summed E-state index contributed by atoms with van der Waals surface area (Å²) < 4.78 is 37.0. The van der Waals surface area contributed by atoms with Crippen LogP contribution in [-0.2, 0) is 9.63 Å². The first-order valence-electron chi connectivity index (χ1n) is 7.56. The third-order valence-corrected chi connectivity index (χ3v) is 3.66. The molecule has 1 heterocycles. The first-order valence-corrected chi connectivity index (χ1v) is 7.56. The van der Waals surface area contributed by atoms with Crippen molar-refractivity contribution in [3.63, 3.8) is 0 Å². The molecule has 1 N–H and O–H groups in total. The number of hydrogen-bond acceptors (Lipinski definition) is 3. The van der Waals surface area contributed by atoms with E-state index in [-0.39, 0.29) is 31.5 Å². The summed E-state index contributed by atoms with van der Waals surface area (Å²) in [6, 6.07) is -0.395. The Hall–Kier alpha value is -1.51. The van der Waals surface area contributed by atoms with Crippen molar-refractivity contribution < 1.29 is 27.6 Å². The molecule has 0 saturated carbocycles. The second-order valence-corrected chi connectivity index (χ2v) is 6.43. The number of nitrogens with one attached hydrogen (secondary N) is 1. The van der Waals surface area contributed by atoms with E-state index in [0.717, 1.165) is 4.90 Å². The van der Waals surface area contributed by atoms with Crippen LogP contribution in [0.3, 0.4) is 0 Å². The van der Waals surface area contributed by atoms with Gasteiger partial charge in [0.15, 0.2) is 0 Å². The summed E-state index contributed by atoms with van der Waals surface area (Å²) in [5.41, 5.74) is 1.98. The Morgan fingerprint density at radius 3 is 2.13 bits per heavy atom. The van der Waals surface area contributed by atoms with Gasteiger partial charge in [-0.1, -0.05) is 0 Å². The molecular formula is C14H24F3N3O3. The van der Waals surface area contributed by atoms with Gasteiger partial charge in [0.2, 0.25) is 0 Å². The predicted octanol–water partition coefficient (Wildman–Crippen LogP) is 2.30. The number of amides is 3. The molecule has 0 radical (unpaired) electrons. The number of alkyl halides is 3. The molecule has 6 nitrogen and oxygen atoms in total. The lowest BCUT2D eigenvalue weighted by Gasteiger charge is -2.36. The minimum Gasteiger partial charge on any atom is -0.335 e. The van der Waals surface area contributed by atoms with E-state index >= 15 is 0 Å². The maximum atomic E-state index is 12.3. The largest absolute Gasteiger partial charge is 0.471 e. The Morgan fingerprint density at radius 1 is 1.22 bits per heavy atom. The summed E-state index contributed by atoms with van der Waals surface area (Å²) in [4.78, 5) is 30.8. The average molecular weight is 339 g/mol. The van der Waals surface area contributed by atoms with Gasteiger partial charge in [-0.3, -0.25) is 9.63 Å². The number of carbonyl (C=O) groups is 2. The van der Waals surface area contributed by atoms with Crippen molar-refractivity contribution >= 4 is 11.9 Å². The first-order chi connectivity index (χ1) is 10.5. The van der Waals surface area contributed by atoms with Crippen molar-refractivity contribution in [2.75, 3.05) is 19.6 Å². The SMILES string of the molecule is CCN(C(=O)NOC1CCN(C(=O)C(F)(F)F)CC1)C(C)(C)C. The smallest absolute Gasteiger partial charge is 0.335 e. The molecule has 134 valence electrons. The molecule has 1 rings (SSSR count). The van der Waals surface area contributed by atoms with Crippen molar-refractivity contribution in [1.29, 1.82) is 0 Å². The summed E-state index contributed by atoms with van der Waals surface area (Å²) in [5, 5.41) is 0. The summed E-state index contributed by atoms with van der Waals surface area (Å²) >= 11 is 0. The minimum atomic E-state index is -4.85. The van der Waals surface area contributed by atoms with Crippen LogP contribution < -0.4 is 5.48 Å².